The Labute approximate surface area is 128 Å². The molecule has 0 saturated carbocycles. The van der Waals surface area contributed by atoms with E-state index < -0.39 is 22.1 Å². The molecule has 0 saturated heterocycles. The van der Waals surface area contributed by atoms with Gasteiger partial charge in [-0.2, -0.15) is 4.72 Å². The fourth-order valence-electron chi connectivity index (χ4n) is 2.25. The zero-order valence-electron chi connectivity index (χ0n) is 11.8. The number of carbonyl (C=O) groups is 1. The molecule has 0 radical (unpaired) electrons. The molecule has 0 bridgehead atoms. The summed E-state index contributed by atoms with van der Waals surface area (Å²) in [6, 6.07) is 13.8. The van der Waals surface area contributed by atoms with Crippen molar-refractivity contribution in [1.29, 1.82) is 0 Å². The van der Waals surface area contributed by atoms with Gasteiger partial charge in [0, 0.05) is 5.69 Å². The Hall–Kier alpha value is -2.38. The van der Waals surface area contributed by atoms with E-state index >= 15 is 0 Å². The number of aryl methyl sites for hydroxylation is 1. The van der Waals surface area contributed by atoms with Gasteiger partial charge in [0.2, 0.25) is 10.0 Å². The van der Waals surface area contributed by atoms with Gasteiger partial charge in [-0.25, -0.2) is 8.42 Å². The molecule has 0 fully saturated rings. The lowest BCUT2D eigenvalue weighted by atomic mass is 10.2. The number of carbonyl (C=O) groups excluding carboxylic acids is 1. The van der Waals surface area contributed by atoms with Crippen molar-refractivity contribution >= 4 is 27.3 Å². The average molecular weight is 317 g/mol. The lowest BCUT2D eigenvalue weighted by Crippen LogP contribution is -2.51. The highest BCUT2D eigenvalue weighted by Crippen LogP contribution is 2.27. The van der Waals surface area contributed by atoms with Crippen LogP contribution in [-0.2, 0) is 14.8 Å². The minimum absolute atomic E-state index is 0.141. The van der Waals surface area contributed by atoms with E-state index in [0.29, 0.717) is 11.4 Å². The first-order valence-corrected chi connectivity index (χ1v) is 8.19. The van der Waals surface area contributed by atoms with Crippen molar-refractivity contribution in [3.8, 4) is 0 Å². The van der Waals surface area contributed by atoms with Gasteiger partial charge in [0.05, 0.1) is 5.69 Å². The maximum Gasteiger partial charge on any atom is 0.262 e. The van der Waals surface area contributed by atoms with E-state index in [2.05, 4.69) is 15.4 Å². The molecule has 0 aromatic heterocycles. The first-order valence-electron chi connectivity index (χ1n) is 6.71. The van der Waals surface area contributed by atoms with Gasteiger partial charge < -0.3 is 10.6 Å². The van der Waals surface area contributed by atoms with Crippen LogP contribution in [0.1, 0.15) is 5.56 Å². The first kappa shape index (κ1) is 14.6. The first-order chi connectivity index (χ1) is 10.5. The van der Waals surface area contributed by atoms with Crippen LogP contribution in [0.25, 0.3) is 0 Å². The van der Waals surface area contributed by atoms with Gasteiger partial charge >= 0.3 is 0 Å². The van der Waals surface area contributed by atoms with E-state index in [-0.39, 0.29) is 4.90 Å². The zero-order valence-corrected chi connectivity index (χ0v) is 12.6. The molecule has 1 aliphatic rings. The van der Waals surface area contributed by atoms with Crippen LogP contribution in [0.4, 0.5) is 11.4 Å². The van der Waals surface area contributed by atoms with Gasteiger partial charge in [0.25, 0.3) is 5.91 Å². The number of anilines is 2. The second-order valence-electron chi connectivity index (χ2n) is 5.05. The number of sulfonamides is 1. The number of benzene rings is 2. The predicted molar refractivity (Wildman–Crippen MR) is 84.0 cm³/mol. The molecule has 6 nitrogen and oxygen atoms in total. The number of fused-ring (bicyclic) bond motifs is 1. The van der Waals surface area contributed by atoms with Crippen LogP contribution in [0.5, 0.6) is 0 Å². The van der Waals surface area contributed by atoms with Crippen molar-refractivity contribution in [3.05, 3.63) is 54.1 Å². The van der Waals surface area contributed by atoms with Crippen molar-refractivity contribution in [2.75, 3.05) is 10.6 Å². The maximum absolute atomic E-state index is 12.2. The second-order valence-corrected chi connectivity index (χ2v) is 6.74. The molecule has 3 N–H and O–H groups in total. The van der Waals surface area contributed by atoms with E-state index in [1.807, 2.05) is 13.0 Å². The summed E-state index contributed by atoms with van der Waals surface area (Å²) in [5.74, 6) is -0.470. The van der Waals surface area contributed by atoms with Crippen LogP contribution in [0.15, 0.2) is 53.4 Å². The molecule has 1 aliphatic heterocycles. The van der Waals surface area contributed by atoms with Crippen molar-refractivity contribution in [3.63, 3.8) is 0 Å². The molecule has 0 aliphatic carbocycles. The molecule has 2 aromatic carbocycles. The average Bonchev–Trinajstić information content (AvgIpc) is 2.46. The maximum atomic E-state index is 12.2. The minimum atomic E-state index is -3.72. The Morgan fingerprint density at radius 2 is 1.86 bits per heavy atom. The number of rotatable bonds is 2. The fraction of sp³-hybridized carbons (Fsp3) is 0.133. The number of amides is 1. The summed E-state index contributed by atoms with van der Waals surface area (Å²) < 4.78 is 26.8. The van der Waals surface area contributed by atoms with E-state index in [1.54, 1.807) is 36.4 Å². The van der Waals surface area contributed by atoms with Crippen LogP contribution < -0.4 is 15.4 Å². The molecule has 7 heteroatoms. The van der Waals surface area contributed by atoms with Gasteiger partial charge in [-0.1, -0.05) is 24.3 Å². The molecular weight excluding hydrogens is 302 g/mol. The smallest absolute Gasteiger partial charge is 0.262 e. The van der Waals surface area contributed by atoms with E-state index in [0.717, 1.165) is 5.56 Å². The third-order valence-electron chi connectivity index (χ3n) is 3.30. The summed E-state index contributed by atoms with van der Waals surface area (Å²) in [4.78, 5) is 12.4. The summed E-state index contributed by atoms with van der Waals surface area (Å²) >= 11 is 0. The van der Waals surface area contributed by atoms with Gasteiger partial charge in [-0.3, -0.25) is 4.79 Å². The van der Waals surface area contributed by atoms with Crippen molar-refractivity contribution in [2.45, 2.75) is 18.0 Å². The fourth-order valence-corrected chi connectivity index (χ4v) is 3.51. The molecule has 1 unspecified atom stereocenters. The van der Waals surface area contributed by atoms with E-state index in [9.17, 15) is 13.2 Å². The van der Waals surface area contributed by atoms with Crippen molar-refractivity contribution < 1.29 is 13.2 Å². The molecular formula is C15H15N3O3S. The summed E-state index contributed by atoms with van der Waals surface area (Å²) in [5, 5.41) is 5.58. The predicted octanol–water partition coefficient (Wildman–Crippen LogP) is 1.66. The summed E-state index contributed by atoms with van der Waals surface area (Å²) in [6.45, 7) is 1.86. The molecule has 22 heavy (non-hydrogen) atoms. The van der Waals surface area contributed by atoms with Crippen molar-refractivity contribution in [1.82, 2.24) is 4.72 Å². The Bertz CT molecular complexity index is 819. The molecule has 0 spiro atoms. The summed E-state index contributed by atoms with van der Waals surface area (Å²) in [7, 11) is -3.72. The third-order valence-corrected chi connectivity index (χ3v) is 4.78. The highest BCUT2D eigenvalue weighted by Gasteiger charge is 2.33. The third kappa shape index (κ3) is 2.81. The molecule has 1 atom stereocenters. The van der Waals surface area contributed by atoms with Crippen LogP contribution in [0, 0.1) is 6.92 Å². The van der Waals surface area contributed by atoms with Crippen LogP contribution >= 0.6 is 0 Å². The Morgan fingerprint density at radius 1 is 1.14 bits per heavy atom. The number of hydrogen-bond acceptors (Lipinski definition) is 4. The van der Waals surface area contributed by atoms with Gasteiger partial charge in [-0.05, 0) is 36.8 Å². The molecule has 1 amide bonds. The quantitative estimate of drug-likeness (QED) is 0.786. The normalized spacial score (nSPS) is 18.9. The lowest BCUT2D eigenvalue weighted by Gasteiger charge is -2.27. The number of hydrogen-bond donors (Lipinski definition) is 3. The SMILES string of the molecule is Cc1ccc2c(c1)NC(C(=O)Nc1ccccc1)NS2(=O)=O. The van der Waals surface area contributed by atoms with Gasteiger partial charge in [0.1, 0.15) is 4.90 Å². The van der Waals surface area contributed by atoms with Crippen LogP contribution in [0.3, 0.4) is 0 Å². The van der Waals surface area contributed by atoms with Gasteiger partial charge in [0.15, 0.2) is 6.17 Å². The van der Waals surface area contributed by atoms with Crippen LogP contribution in [-0.4, -0.2) is 20.5 Å². The summed E-state index contributed by atoms with van der Waals surface area (Å²) in [5.41, 5.74) is 1.93. The molecule has 114 valence electrons. The van der Waals surface area contributed by atoms with E-state index in [1.165, 1.54) is 6.07 Å². The Kier molecular flexibility index (Phi) is 3.59. The zero-order chi connectivity index (χ0) is 15.7. The molecule has 2 aromatic rings. The highest BCUT2D eigenvalue weighted by molar-refractivity contribution is 7.89. The standard InChI is InChI=1S/C15H15N3O3S/c1-10-7-8-13-12(9-10)17-14(18-22(13,20)21)15(19)16-11-5-3-2-4-6-11/h2-9,14,17-18H,1H3,(H,16,19). The van der Waals surface area contributed by atoms with Crippen molar-refractivity contribution in [2.24, 2.45) is 0 Å². The minimum Gasteiger partial charge on any atom is -0.360 e. The van der Waals surface area contributed by atoms with Gasteiger partial charge in [-0.15, -0.1) is 0 Å². The largest absolute Gasteiger partial charge is 0.360 e. The molecule has 3 rings (SSSR count). The monoisotopic (exact) mass is 317 g/mol. The number of nitrogens with one attached hydrogen (secondary N) is 3. The second kappa shape index (κ2) is 5.43. The Balaban J connectivity index is 1.87. The highest BCUT2D eigenvalue weighted by atomic mass is 32.2. The Morgan fingerprint density at radius 3 is 2.59 bits per heavy atom. The number of para-hydroxylation sites is 1. The molecule has 1 heterocycles. The lowest BCUT2D eigenvalue weighted by molar-refractivity contribution is -0.117. The topological polar surface area (TPSA) is 87.3 Å². The summed E-state index contributed by atoms with van der Waals surface area (Å²) in [6.07, 6.45) is -1.06. The van der Waals surface area contributed by atoms with E-state index in [4.69, 9.17) is 0 Å². The van der Waals surface area contributed by atoms with Crippen LogP contribution in [0.2, 0.25) is 0 Å².